The first-order chi connectivity index (χ1) is 8.78. The van der Waals surface area contributed by atoms with E-state index in [0.717, 1.165) is 0 Å². The second-order valence-electron chi connectivity index (χ2n) is 3.51. The molecule has 8 heteroatoms. The van der Waals surface area contributed by atoms with Gasteiger partial charge in [0.15, 0.2) is 0 Å². The summed E-state index contributed by atoms with van der Waals surface area (Å²) in [6, 6.07) is 5.68. The molecule has 0 saturated heterocycles. The van der Waals surface area contributed by atoms with Crippen LogP contribution in [0.1, 0.15) is 15.9 Å². The van der Waals surface area contributed by atoms with Crippen molar-refractivity contribution in [2.75, 3.05) is 5.75 Å². The van der Waals surface area contributed by atoms with Crippen molar-refractivity contribution in [1.82, 2.24) is 5.32 Å². The molecule has 0 bridgehead atoms. The first-order valence-electron chi connectivity index (χ1n) is 5.07. The zero-order valence-corrected chi connectivity index (χ0v) is 10.3. The first-order valence-corrected chi connectivity index (χ1v) is 6.06. The molecule has 0 fully saturated rings. The van der Waals surface area contributed by atoms with Gasteiger partial charge in [0.1, 0.15) is 0 Å². The molecular formula is C11H10F3NO3S. The van der Waals surface area contributed by atoms with Gasteiger partial charge in [-0.25, -0.2) is 4.79 Å². The molecule has 1 aromatic carbocycles. The number of aromatic carboxylic acids is 1. The average Bonchev–Trinajstić information content (AvgIpc) is 2.33. The topological polar surface area (TPSA) is 66.4 Å². The maximum atomic E-state index is 11.8. The van der Waals surface area contributed by atoms with E-state index in [4.69, 9.17) is 5.11 Å². The van der Waals surface area contributed by atoms with Crippen LogP contribution in [0.5, 0.6) is 0 Å². The highest BCUT2D eigenvalue weighted by atomic mass is 32.2. The number of carbonyl (C=O) groups excluding carboxylic acids is 1. The molecule has 0 aliphatic heterocycles. The van der Waals surface area contributed by atoms with E-state index >= 15 is 0 Å². The van der Waals surface area contributed by atoms with Gasteiger partial charge in [-0.2, -0.15) is 13.2 Å². The summed E-state index contributed by atoms with van der Waals surface area (Å²) in [4.78, 5) is 21.7. The van der Waals surface area contributed by atoms with Crippen LogP contribution < -0.4 is 5.32 Å². The second kappa shape index (κ2) is 6.46. The number of hydrogen-bond acceptors (Lipinski definition) is 3. The quantitative estimate of drug-likeness (QED) is 0.874. The molecule has 0 radical (unpaired) electrons. The summed E-state index contributed by atoms with van der Waals surface area (Å²) in [5, 5.41) is 11.0. The number of nitrogens with one attached hydrogen (secondary N) is 1. The highest BCUT2D eigenvalue weighted by molar-refractivity contribution is 8.00. The Balaban J connectivity index is 2.40. The highest BCUT2D eigenvalue weighted by Gasteiger charge is 2.29. The molecule has 19 heavy (non-hydrogen) atoms. The highest BCUT2D eigenvalue weighted by Crippen LogP contribution is 2.29. The smallest absolute Gasteiger partial charge is 0.442 e. The lowest BCUT2D eigenvalue weighted by Gasteiger charge is -2.07. The number of benzene rings is 1. The summed E-state index contributed by atoms with van der Waals surface area (Å²) in [6.07, 6.45) is 0. The maximum absolute atomic E-state index is 11.8. The SMILES string of the molecule is O=C(CSC(F)(F)F)NCc1ccc(C(=O)O)cc1. The molecule has 104 valence electrons. The summed E-state index contributed by atoms with van der Waals surface area (Å²) in [5.41, 5.74) is -3.72. The van der Waals surface area contributed by atoms with E-state index in [1.54, 1.807) is 0 Å². The molecule has 0 unspecified atom stereocenters. The van der Waals surface area contributed by atoms with Crippen LogP contribution in [0.4, 0.5) is 13.2 Å². The molecule has 0 saturated carbocycles. The summed E-state index contributed by atoms with van der Waals surface area (Å²) in [7, 11) is 0. The van der Waals surface area contributed by atoms with Gasteiger partial charge in [0.05, 0.1) is 11.3 Å². The van der Waals surface area contributed by atoms with Crippen LogP contribution in [-0.4, -0.2) is 28.2 Å². The molecule has 0 aliphatic carbocycles. The van der Waals surface area contributed by atoms with E-state index in [0.29, 0.717) is 5.56 Å². The number of amides is 1. The number of alkyl halides is 3. The summed E-state index contributed by atoms with van der Waals surface area (Å²) < 4.78 is 35.5. The second-order valence-corrected chi connectivity index (χ2v) is 4.55. The van der Waals surface area contributed by atoms with E-state index in [2.05, 4.69) is 5.32 Å². The number of carbonyl (C=O) groups is 2. The summed E-state index contributed by atoms with van der Waals surface area (Å²) in [6.45, 7) is 0.0527. The molecule has 0 heterocycles. The Kier molecular flexibility index (Phi) is 5.22. The van der Waals surface area contributed by atoms with Crippen LogP contribution in [0.15, 0.2) is 24.3 Å². The van der Waals surface area contributed by atoms with Crippen molar-refractivity contribution >= 4 is 23.6 Å². The van der Waals surface area contributed by atoms with Crippen molar-refractivity contribution in [1.29, 1.82) is 0 Å². The van der Waals surface area contributed by atoms with Crippen LogP contribution in [0.2, 0.25) is 0 Å². The van der Waals surface area contributed by atoms with Crippen molar-refractivity contribution in [2.24, 2.45) is 0 Å². The Morgan fingerprint density at radius 1 is 1.21 bits per heavy atom. The van der Waals surface area contributed by atoms with Gasteiger partial charge in [-0.1, -0.05) is 12.1 Å². The lowest BCUT2D eigenvalue weighted by Crippen LogP contribution is -2.25. The van der Waals surface area contributed by atoms with Gasteiger partial charge in [0.2, 0.25) is 5.91 Å². The molecular weight excluding hydrogens is 283 g/mol. The lowest BCUT2D eigenvalue weighted by atomic mass is 10.1. The Morgan fingerprint density at radius 3 is 2.26 bits per heavy atom. The van der Waals surface area contributed by atoms with Crippen molar-refractivity contribution in [3.63, 3.8) is 0 Å². The molecule has 1 aromatic rings. The number of carboxylic acid groups (broad SMARTS) is 1. The molecule has 1 rings (SSSR count). The Bertz CT molecular complexity index is 459. The number of carboxylic acids is 1. The van der Waals surface area contributed by atoms with Gasteiger partial charge >= 0.3 is 11.5 Å². The Hall–Kier alpha value is -1.70. The van der Waals surface area contributed by atoms with E-state index in [1.165, 1.54) is 24.3 Å². The average molecular weight is 293 g/mol. The van der Waals surface area contributed by atoms with E-state index < -0.39 is 34.9 Å². The molecule has 0 aromatic heterocycles. The Labute approximate surface area is 111 Å². The predicted molar refractivity (Wildman–Crippen MR) is 63.8 cm³/mol. The van der Waals surface area contributed by atoms with E-state index in [-0.39, 0.29) is 12.1 Å². The number of rotatable bonds is 5. The summed E-state index contributed by atoms with van der Waals surface area (Å²) in [5.74, 6) is -2.50. The van der Waals surface area contributed by atoms with E-state index in [1.807, 2.05) is 0 Å². The van der Waals surface area contributed by atoms with Crippen molar-refractivity contribution in [3.8, 4) is 0 Å². The van der Waals surface area contributed by atoms with Gasteiger partial charge in [-0.15, -0.1) is 0 Å². The summed E-state index contributed by atoms with van der Waals surface area (Å²) >= 11 is -0.407. The maximum Gasteiger partial charge on any atom is 0.442 e. The zero-order chi connectivity index (χ0) is 14.5. The fourth-order valence-corrected chi connectivity index (χ4v) is 1.56. The molecule has 4 nitrogen and oxygen atoms in total. The Morgan fingerprint density at radius 2 is 1.79 bits per heavy atom. The molecule has 0 spiro atoms. The number of halogens is 3. The minimum Gasteiger partial charge on any atom is -0.478 e. The third kappa shape index (κ3) is 6.14. The van der Waals surface area contributed by atoms with Crippen LogP contribution in [-0.2, 0) is 11.3 Å². The van der Waals surface area contributed by atoms with Gasteiger partial charge in [-0.05, 0) is 29.5 Å². The molecule has 0 atom stereocenters. The first kappa shape index (κ1) is 15.4. The minimum absolute atomic E-state index is 0.0527. The lowest BCUT2D eigenvalue weighted by molar-refractivity contribution is -0.119. The van der Waals surface area contributed by atoms with Crippen molar-refractivity contribution in [2.45, 2.75) is 12.1 Å². The molecule has 1 amide bonds. The predicted octanol–water partition coefficient (Wildman–Crippen LogP) is 2.25. The third-order valence-corrected chi connectivity index (χ3v) is 2.79. The fraction of sp³-hybridized carbons (Fsp3) is 0.273. The van der Waals surface area contributed by atoms with Crippen LogP contribution in [0, 0.1) is 0 Å². The standard InChI is InChI=1S/C11H10F3NO3S/c12-11(13,14)19-6-9(16)15-5-7-1-3-8(4-2-7)10(17)18/h1-4H,5-6H2,(H,15,16)(H,17,18). The third-order valence-electron chi connectivity index (χ3n) is 2.06. The number of thioether (sulfide) groups is 1. The van der Waals surface area contributed by atoms with Crippen molar-refractivity contribution < 1.29 is 27.9 Å². The minimum atomic E-state index is -4.43. The normalized spacial score (nSPS) is 11.1. The van der Waals surface area contributed by atoms with Gasteiger partial charge in [0.25, 0.3) is 0 Å². The van der Waals surface area contributed by atoms with Crippen LogP contribution in [0.3, 0.4) is 0 Å². The molecule has 0 aliphatic rings. The van der Waals surface area contributed by atoms with E-state index in [9.17, 15) is 22.8 Å². The van der Waals surface area contributed by atoms with Gasteiger partial charge in [0, 0.05) is 6.54 Å². The number of hydrogen-bond donors (Lipinski definition) is 2. The van der Waals surface area contributed by atoms with Crippen LogP contribution in [0.25, 0.3) is 0 Å². The van der Waals surface area contributed by atoms with Crippen LogP contribution >= 0.6 is 11.8 Å². The zero-order valence-electron chi connectivity index (χ0n) is 9.53. The fourth-order valence-electron chi connectivity index (χ4n) is 1.16. The molecule has 2 N–H and O–H groups in total. The largest absolute Gasteiger partial charge is 0.478 e. The van der Waals surface area contributed by atoms with Crippen molar-refractivity contribution in [3.05, 3.63) is 35.4 Å². The monoisotopic (exact) mass is 293 g/mol. The van der Waals surface area contributed by atoms with Gasteiger partial charge < -0.3 is 10.4 Å². The van der Waals surface area contributed by atoms with Gasteiger partial charge in [-0.3, -0.25) is 4.79 Å².